The van der Waals surface area contributed by atoms with Crippen LogP contribution in [-0.2, 0) is 14.8 Å². The van der Waals surface area contributed by atoms with Gasteiger partial charge in [-0.3, -0.25) is 4.72 Å². The zero-order valence-corrected chi connectivity index (χ0v) is 28.9. The van der Waals surface area contributed by atoms with Crippen LogP contribution in [0.25, 0.3) is 22.0 Å². The van der Waals surface area contributed by atoms with E-state index in [4.69, 9.17) is 14.5 Å². The molecule has 1 atom stereocenters. The molecule has 5 rings (SSSR count). The molecule has 2 N–H and O–H groups in total. The Morgan fingerprint density at radius 1 is 1.02 bits per heavy atom. The third kappa shape index (κ3) is 8.48. The van der Waals surface area contributed by atoms with Crippen LogP contribution < -0.4 is 14.8 Å². The number of aryl methyl sites for hydroxylation is 2. The number of carbonyl (C=O) groups excluding carboxylic acids is 1. The van der Waals surface area contributed by atoms with Crippen molar-refractivity contribution >= 4 is 38.5 Å². The number of aromatic nitrogens is 3. The van der Waals surface area contributed by atoms with Crippen molar-refractivity contribution in [1.29, 1.82) is 0 Å². The number of piperidine rings is 1. The minimum Gasteiger partial charge on any atom is -0.444 e. The van der Waals surface area contributed by atoms with Crippen molar-refractivity contribution in [1.82, 2.24) is 19.9 Å². The molecule has 4 aromatic rings. The van der Waals surface area contributed by atoms with E-state index in [2.05, 4.69) is 20.0 Å². The summed E-state index contributed by atoms with van der Waals surface area (Å²) in [7, 11) is -3.55. The molecular weight excluding hydrogens is 616 g/mol. The van der Waals surface area contributed by atoms with Gasteiger partial charge in [-0.25, -0.2) is 28.2 Å². The Labute approximate surface area is 277 Å². The minimum atomic E-state index is -3.55. The molecule has 1 amide bonds. The van der Waals surface area contributed by atoms with Crippen LogP contribution in [0.3, 0.4) is 0 Å². The smallest absolute Gasteiger partial charge is 0.410 e. The van der Waals surface area contributed by atoms with Gasteiger partial charge >= 0.3 is 6.09 Å². The first kappa shape index (κ1) is 33.9. The third-order valence-corrected chi connectivity index (χ3v) is 9.30. The molecule has 1 fully saturated rings. The Bertz CT molecular complexity index is 1870. The molecule has 12 heteroatoms. The lowest BCUT2D eigenvalue weighted by atomic mass is 10.0. The summed E-state index contributed by atoms with van der Waals surface area (Å²) in [5.41, 5.74) is 2.93. The number of hydrogen-bond donors (Lipinski definition) is 2. The van der Waals surface area contributed by atoms with E-state index in [0.717, 1.165) is 34.7 Å². The lowest BCUT2D eigenvalue weighted by molar-refractivity contribution is 0.0206. The first-order valence-corrected chi connectivity index (χ1v) is 17.6. The molecule has 250 valence electrons. The lowest BCUT2D eigenvalue weighted by Crippen LogP contribution is -2.47. The molecule has 0 radical (unpaired) electrons. The Kier molecular flexibility index (Phi) is 9.90. The first-order valence-electron chi connectivity index (χ1n) is 15.9. The van der Waals surface area contributed by atoms with Gasteiger partial charge in [0, 0.05) is 42.3 Å². The predicted molar refractivity (Wildman–Crippen MR) is 185 cm³/mol. The molecule has 1 aliphatic heterocycles. The van der Waals surface area contributed by atoms with Gasteiger partial charge in [-0.2, -0.15) is 0 Å². The number of amides is 1. The second-order valence-corrected chi connectivity index (χ2v) is 15.2. The maximum Gasteiger partial charge on any atom is 0.410 e. The summed E-state index contributed by atoms with van der Waals surface area (Å²) in [5.74, 6) is 1.36. The number of pyridine rings is 1. The number of sulfonamides is 1. The van der Waals surface area contributed by atoms with Crippen molar-refractivity contribution in [3.05, 3.63) is 66.0 Å². The van der Waals surface area contributed by atoms with Gasteiger partial charge in [0.1, 0.15) is 11.4 Å². The highest BCUT2D eigenvalue weighted by Crippen LogP contribution is 2.40. The number of rotatable bonds is 9. The van der Waals surface area contributed by atoms with Crippen molar-refractivity contribution < 1.29 is 22.7 Å². The van der Waals surface area contributed by atoms with Gasteiger partial charge < -0.3 is 19.7 Å². The third-order valence-electron chi connectivity index (χ3n) is 7.67. The fourth-order valence-electron chi connectivity index (χ4n) is 5.61. The van der Waals surface area contributed by atoms with Crippen LogP contribution in [0.1, 0.15) is 58.6 Å². The van der Waals surface area contributed by atoms with Crippen LogP contribution in [0.15, 0.2) is 54.9 Å². The second kappa shape index (κ2) is 13.7. The highest BCUT2D eigenvalue weighted by atomic mass is 32.2. The molecule has 0 spiro atoms. The first-order chi connectivity index (χ1) is 22.2. The molecule has 1 aliphatic rings. The maximum atomic E-state index is 12.9. The van der Waals surface area contributed by atoms with Crippen LogP contribution in [-0.4, -0.2) is 64.8 Å². The highest BCUT2D eigenvalue weighted by molar-refractivity contribution is 7.92. The molecule has 0 unspecified atom stereocenters. The summed E-state index contributed by atoms with van der Waals surface area (Å²) in [5, 5.41) is 4.88. The van der Waals surface area contributed by atoms with Crippen LogP contribution in [0.5, 0.6) is 11.6 Å². The molecule has 1 saturated heterocycles. The van der Waals surface area contributed by atoms with Gasteiger partial charge in [0.25, 0.3) is 0 Å². The quantitative estimate of drug-likeness (QED) is 0.189. The fourth-order valence-corrected chi connectivity index (χ4v) is 7.16. The molecule has 2 aromatic heterocycles. The zero-order chi connectivity index (χ0) is 33.9. The van der Waals surface area contributed by atoms with E-state index in [9.17, 15) is 13.2 Å². The number of ether oxygens (including phenoxy) is 2. The molecule has 0 bridgehead atoms. The number of hydrogen-bond acceptors (Lipinski definition) is 9. The van der Waals surface area contributed by atoms with Crippen molar-refractivity contribution in [2.75, 3.05) is 28.9 Å². The number of nitrogens with one attached hydrogen (secondary N) is 2. The summed E-state index contributed by atoms with van der Waals surface area (Å²) in [6, 6.07) is 13.1. The number of carbonyl (C=O) groups is 1. The number of nitrogens with zero attached hydrogens (tertiary/aromatic N) is 4. The summed E-state index contributed by atoms with van der Waals surface area (Å²) >= 11 is 0. The number of fused-ring (bicyclic) bond motifs is 1. The van der Waals surface area contributed by atoms with E-state index in [-0.39, 0.29) is 23.8 Å². The summed E-state index contributed by atoms with van der Waals surface area (Å²) < 4.78 is 40.7. The highest BCUT2D eigenvalue weighted by Gasteiger charge is 2.28. The van der Waals surface area contributed by atoms with Crippen molar-refractivity contribution in [2.45, 2.75) is 73.0 Å². The van der Waals surface area contributed by atoms with E-state index >= 15 is 0 Å². The van der Waals surface area contributed by atoms with E-state index in [1.165, 1.54) is 0 Å². The molecular formula is C35H44N6O5S. The SMILES string of the molecule is Cc1ccc2c(Oc3ncccc3-c3ccnc(N[C@H]4CCCN(C(=O)OC(C)(C)C)C4)n3)c(C)ccc2c1NS(=O)(=O)CC(C)C. The van der Waals surface area contributed by atoms with Crippen molar-refractivity contribution in [3.63, 3.8) is 0 Å². The largest absolute Gasteiger partial charge is 0.444 e. The van der Waals surface area contributed by atoms with Crippen molar-refractivity contribution in [2.24, 2.45) is 5.92 Å². The molecule has 3 heterocycles. The van der Waals surface area contributed by atoms with Crippen LogP contribution >= 0.6 is 0 Å². The number of benzene rings is 2. The monoisotopic (exact) mass is 660 g/mol. The number of likely N-dealkylation sites (tertiary alicyclic amines) is 1. The Morgan fingerprint density at radius 2 is 1.77 bits per heavy atom. The van der Waals surface area contributed by atoms with Gasteiger partial charge in [0.15, 0.2) is 0 Å². The normalized spacial score (nSPS) is 15.5. The fraction of sp³-hybridized carbons (Fsp3) is 0.429. The van der Waals surface area contributed by atoms with Gasteiger partial charge in [0.05, 0.1) is 22.7 Å². The van der Waals surface area contributed by atoms with Gasteiger partial charge in [-0.05, 0) is 82.7 Å². The van der Waals surface area contributed by atoms with Crippen LogP contribution in [0.2, 0.25) is 0 Å². The average molecular weight is 661 g/mol. The average Bonchev–Trinajstić information content (AvgIpc) is 2.99. The molecule has 2 aromatic carbocycles. The minimum absolute atomic E-state index is 0.0152. The Hall–Kier alpha value is -4.45. The van der Waals surface area contributed by atoms with Gasteiger partial charge in [0.2, 0.25) is 21.9 Å². The summed E-state index contributed by atoms with van der Waals surface area (Å²) in [6.07, 6.45) is 4.71. The topological polar surface area (TPSA) is 136 Å². The standard InChI is InChI=1S/C35H44N6O5S/c1-22(2)21-47(43,44)40-30-23(3)12-15-27-26(30)14-13-24(4)31(27)45-32-28(11-8-17-36-32)29-16-18-37-33(39-29)38-25-10-9-19-41(20-25)34(42)46-35(5,6)7/h8,11-18,22,25,40H,9-10,19-21H2,1-7H3,(H,37,38,39)/t25-/m0/s1. The summed E-state index contributed by atoms with van der Waals surface area (Å²) in [6.45, 7) is 14.3. The second-order valence-electron chi connectivity index (χ2n) is 13.5. The molecule has 0 aliphatic carbocycles. The lowest BCUT2D eigenvalue weighted by Gasteiger charge is -2.34. The van der Waals surface area contributed by atoms with E-state index in [1.54, 1.807) is 23.4 Å². The Balaban J connectivity index is 1.41. The van der Waals surface area contributed by atoms with Gasteiger partial charge in [-0.15, -0.1) is 0 Å². The predicted octanol–water partition coefficient (Wildman–Crippen LogP) is 7.31. The van der Waals surface area contributed by atoms with Gasteiger partial charge in [-0.1, -0.05) is 38.1 Å². The number of anilines is 2. The zero-order valence-electron chi connectivity index (χ0n) is 28.1. The maximum absolute atomic E-state index is 12.9. The van der Waals surface area contributed by atoms with E-state index < -0.39 is 15.6 Å². The van der Waals surface area contributed by atoms with Crippen LogP contribution in [0.4, 0.5) is 16.4 Å². The summed E-state index contributed by atoms with van der Waals surface area (Å²) in [4.78, 5) is 28.2. The molecule has 11 nitrogen and oxygen atoms in total. The van der Waals surface area contributed by atoms with Crippen molar-refractivity contribution in [3.8, 4) is 22.9 Å². The van der Waals surface area contributed by atoms with Crippen LogP contribution in [0, 0.1) is 19.8 Å². The molecule has 0 saturated carbocycles. The van der Waals surface area contributed by atoms with E-state index in [0.29, 0.717) is 47.6 Å². The Morgan fingerprint density at radius 3 is 2.51 bits per heavy atom. The van der Waals surface area contributed by atoms with E-state index in [1.807, 2.05) is 84.9 Å². The molecule has 47 heavy (non-hydrogen) atoms.